The van der Waals surface area contributed by atoms with Crippen LogP contribution in [0.5, 0.6) is 11.5 Å². The lowest BCUT2D eigenvalue weighted by Gasteiger charge is -2.17. The molecule has 2 atom stereocenters. The van der Waals surface area contributed by atoms with Crippen molar-refractivity contribution < 1.29 is 27.4 Å². The topological polar surface area (TPSA) is 88.7 Å². The number of rotatable bonds is 7. The molecule has 3 aromatic rings. The second-order valence-electron chi connectivity index (χ2n) is 8.30. The summed E-state index contributed by atoms with van der Waals surface area (Å²) in [6.07, 6.45) is 2.27. The number of methoxy groups -OCH3 is 1. The zero-order chi connectivity index (χ0) is 25.9. The molecule has 0 bridgehead atoms. The van der Waals surface area contributed by atoms with E-state index in [2.05, 4.69) is 21.2 Å². The van der Waals surface area contributed by atoms with Crippen molar-refractivity contribution in [3.63, 3.8) is 0 Å². The summed E-state index contributed by atoms with van der Waals surface area (Å²) in [6.45, 7) is 4.38. The fourth-order valence-corrected chi connectivity index (χ4v) is 3.51. The van der Waals surface area contributed by atoms with Crippen molar-refractivity contribution >= 4 is 11.4 Å². The van der Waals surface area contributed by atoms with Crippen LogP contribution in [0.25, 0.3) is 16.6 Å². The number of hydrogen-bond donors (Lipinski definition) is 1. The van der Waals surface area contributed by atoms with Crippen LogP contribution in [-0.4, -0.2) is 41.5 Å². The molecule has 7 nitrogen and oxygen atoms in total. The van der Waals surface area contributed by atoms with Crippen LogP contribution in [0.15, 0.2) is 36.7 Å². The van der Waals surface area contributed by atoms with Crippen LogP contribution >= 0.6 is 0 Å². The number of aromatic nitrogens is 2. The largest absolute Gasteiger partial charge is 0.496 e. The summed E-state index contributed by atoms with van der Waals surface area (Å²) < 4.78 is 51.1. The van der Waals surface area contributed by atoms with Crippen LogP contribution in [0.1, 0.15) is 50.0 Å². The first-order chi connectivity index (χ1) is 16.6. The molecule has 35 heavy (non-hydrogen) atoms. The van der Waals surface area contributed by atoms with E-state index in [1.165, 1.54) is 25.4 Å². The number of nitrogens with one attached hydrogen (secondary N) is 1. The summed E-state index contributed by atoms with van der Waals surface area (Å²) >= 11 is 0. The van der Waals surface area contributed by atoms with Gasteiger partial charge in [0.15, 0.2) is 0 Å². The third-order valence-corrected chi connectivity index (χ3v) is 5.59. The molecular weight excluding hydrogens is 461 g/mol. The Morgan fingerprint density at radius 2 is 1.94 bits per heavy atom. The second kappa shape index (κ2) is 10.3. The maximum Gasteiger partial charge on any atom is 0.387 e. The molecule has 1 aliphatic rings. The number of carbonyl (C=O) groups is 1. The lowest BCUT2D eigenvalue weighted by atomic mass is 9.87. The average molecular weight is 489 g/mol. The summed E-state index contributed by atoms with van der Waals surface area (Å²) in [7, 11) is 1.30. The van der Waals surface area contributed by atoms with Gasteiger partial charge in [0.25, 0.3) is 5.91 Å². The average Bonchev–Trinajstić information content (AvgIpc) is 3.36. The van der Waals surface area contributed by atoms with Gasteiger partial charge in [-0.1, -0.05) is 19.9 Å². The van der Waals surface area contributed by atoms with E-state index >= 15 is 0 Å². The number of hydrogen-bond acceptors (Lipinski definition) is 5. The highest BCUT2D eigenvalue weighted by molar-refractivity contribution is 6.01. The first-order valence-corrected chi connectivity index (χ1v) is 11.2. The minimum absolute atomic E-state index is 0.00158. The SMILES string of the molecule is CC.COc1cc(-c2cnn3cc(C(C)(C)C#N)ccc23)cc(OC(F)F)c1C(=O)N[C@H]1CC1F. The number of fused-ring (bicyclic) bond motifs is 1. The summed E-state index contributed by atoms with van der Waals surface area (Å²) in [5, 5.41) is 16.2. The molecule has 1 amide bonds. The Hall–Kier alpha value is -3.74. The molecule has 4 rings (SSSR count). The smallest absolute Gasteiger partial charge is 0.387 e. The van der Waals surface area contributed by atoms with Crippen LogP contribution in [0.3, 0.4) is 0 Å². The lowest BCUT2D eigenvalue weighted by molar-refractivity contribution is -0.0502. The molecule has 10 heteroatoms. The Morgan fingerprint density at radius 3 is 2.51 bits per heavy atom. The first kappa shape index (κ1) is 25.9. The van der Waals surface area contributed by atoms with Crippen LogP contribution < -0.4 is 14.8 Å². The van der Waals surface area contributed by atoms with Crippen LogP contribution in [0.4, 0.5) is 13.2 Å². The Kier molecular flexibility index (Phi) is 7.58. The number of benzene rings is 1. The number of amides is 1. The van der Waals surface area contributed by atoms with Crippen molar-refractivity contribution in [3.05, 3.63) is 47.8 Å². The molecule has 1 N–H and O–H groups in total. The van der Waals surface area contributed by atoms with Crippen molar-refractivity contribution in [2.75, 3.05) is 7.11 Å². The van der Waals surface area contributed by atoms with Gasteiger partial charge in [0.05, 0.1) is 36.3 Å². The van der Waals surface area contributed by atoms with Gasteiger partial charge >= 0.3 is 6.61 Å². The number of ether oxygens (including phenoxy) is 2. The van der Waals surface area contributed by atoms with Crippen molar-refractivity contribution in [1.29, 1.82) is 5.26 Å². The summed E-state index contributed by atoms with van der Waals surface area (Å²) in [5.74, 6) is -1.16. The predicted molar refractivity (Wildman–Crippen MR) is 125 cm³/mol. The van der Waals surface area contributed by atoms with Gasteiger partial charge in [0.2, 0.25) is 0 Å². The van der Waals surface area contributed by atoms with E-state index in [9.17, 15) is 23.2 Å². The highest BCUT2D eigenvalue weighted by atomic mass is 19.3. The molecule has 0 radical (unpaired) electrons. The molecule has 2 heterocycles. The normalized spacial score (nSPS) is 16.8. The monoisotopic (exact) mass is 488 g/mol. The van der Waals surface area contributed by atoms with Gasteiger partial charge in [-0.2, -0.15) is 19.1 Å². The zero-order valence-corrected chi connectivity index (χ0v) is 20.1. The van der Waals surface area contributed by atoms with E-state index < -0.39 is 35.9 Å². The minimum Gasteiger partial charge on any atom is -0.496 e. The maximum atomic E-state index is 13.2. The fraction of sp³-hybridized carbons (Fsp3) is 0.400. The highest BCUT2D eigenvalue weighted by Crippen LogP contribution is 2.38. The number of nitriles is 1. The molecular formula is C25H27F3N4O3. The Morgan fingerprint density at radius 1 is 1.29 bits per heavy atom. The Labute approximate surface area is 201 Å². The maximum absolute atomic E-state index is 13.2. The van der Waals surface area contributed by atoms with Gasteiger partial charge < -0.3 is 14.8 Å². The van der Waals surface area contributed by atoms with Crippen molar-refractivity contribution in [2.45, 2.75) is 58.4 Å². The van der Waals surface area contributed by atoms with Crippen molar-refractivity contribution in [3.8, 4) is 28.7 Å². The molecule has 1 saturated carbocycles. The van der Waals surface area contributed by atoms with Gasteiger partial charge in [-0.3, -0.25) is 4.79 Å². The third-order valence-electron chi connectivity index (χ3n) is 5.59. The molecule has 186 valence electrons. The number of carbonyl (C=O) groups excluding carboxylic acids is 1. The van der Waals surface area contributed by atoms with E-state index in [0.717, 1.165) is 5.56 Å². The molecule has 1 unspecified atom stereocenters. The molecule has 2 aromatic heterocycles. The van der Waals surface area contributed by atoms with E-state index in [0.29, 0.717) is 16.6 Å². The van der Waals surface area contributed by atoms with Crippen LogP contribution in [0, 0.1) is 11.3 Å². The fourth-order valence-electron chi connectivity index (χ4n) is 3.51. The van der Waals surface area contributed by atoms with E-state index in [1.54, 1.807) is 36.7 Å². The number of halogens is 3. The standard InChI is InChI=1S/C23H21F3N4O3.C2H6/c1-23(2,11-27)13-4-5-17-14(9-28-30(17)10-13)12-6-18(32-3)20(19(7-12)33-22(25)26)21(31)29-16-8-15(16)24;1-2/h4-7,9-10,15-16,22H,8H2,1-3H3,(H,29,31);1-2H3/t15?,16-;/m0./s1. The van der Waals surface area contributed by atoms with Gasteiger partial charge in [0, 0.05) is 18.2 Å². The van der Waals surface area contributed by atoms with E-state index in [1.807, 2.05) is 13.8 Å². The van der Waals surface area contributed by atoms with Crippen LogP contribution in [-0.2, 0) is 5.41 Å². The van der Waals surface area contributed by atoms with Gasteiger partial charge in [-0.15, -0.1) is 0 Å². The quantitative estimate of drug-likeness (QED) is 0.489. The third kappa shape index (κ3) is 5.34. The van der Waals surface area contributed by atoms with Gasteiger partial charge in [-0.05, 0) is 43.2 Å². The summed E-state index contributed by atoms with van der Waals surface area (Å²) in [5.41, 5.74) is 1.44. The van der Waals surface area contributed by atoms with Gasteiger partial charge in [-0.25, -0.2) is 8.91 Å². The molecule has 0 spiro atoms. The molecule has 1 aliphatic carbocycles. The summed E-state index contributed by atoms with van der Waals surface area (Å²) in [4.78, 5) is 12.7. The first-order valence-electron chi connectivity index (χ1n) is 11.2. The number of nitrogens with zero attached hydrogens (tertiary/aromatic N) is 3. The van der Waals surface area contributed by atoms with Crippen LogP contribution in [0.2, 0.25) is 0 Å². The number of alkyl halides is 3. The second-order valence-corrected chi connectivity index (χ2v) is 8.30. The van der Waals surface area contributed by atoms with E-state index in [-0.39, 0.29) is 17.7 Å². The molecule has 0 saturated heterocycles. The Bertz CT molecular complexity index is 1270. The van der Waals surface area contributed by atoms with Gasteiger partial charge in [0.1, 0.15) is 23.2 Å². The van der Waals surface area contributed by atoms with Crippen molar-refractivity contribution in [2.24, 2.45) is 0 Å². The molecule has 0 aliphatic heterocycles. The van der Waals surface area contributed by atoms with E-state index in [4.69, 9.17) is 4.74 Å². The lowest BCUT2D eigenvalue weighted by Crippen LogP contribution is -2.28. The molecule has 1 aromatic carbocycles. The summed E-state index contributed by atoms with van der Waals surface area (Å²) in [6, 6.07) is 7.95. The Balaban J connectivity index is 0.00000167. The zero-order valence-electron chi connectivity index (χ0n) is 20.1. The minimum atomic E-state index is -3.19. The predicted octanol–water partition coefficient (Wildman–Crippen LogP) is 5.28. The number of pyridine rings is 1. The molecule has 1 fully saturated rings. The van der Waals surface area contributed by atoms with Crippen molar-refractivity contribution in [1.82, 2.24) is 14.9 Å². The highest BCUT2D eigenvalue weighted by Gasteiger charge is 2.40.